The Hall–Kier alpha value is -4.06. The van der Waals surface area contributed by atoms with Crippen LogP contribution in [0.15, 0.2) is 108 Å². The fourth-order valence-electron chi connectivity index (χ4n) is 3.01. The first kappa shape index (κ1) is 23.2. The molecule has 0 saturated heterocycles. The van der Waals surface area contributed by atoms with Crippen molar-refractivity contribution < 1.29 is 4.79 Å². The molecule has 0 fully saturated rings. The summed E-state index contributed by atoms with van der Waals surface area (Å²) in [5.74, 6) is 0.336. The molecule has 6 nitrogen and oxygen atoms in total. The van der Waals surface area contributed by atoms with E-state index >= 15 is 0 Å². The van der Waals surface area contributed by atoms with Gasteiger partial charge in [-0.3, -0.25) is 4.79 Å². The minimum Gasteiger partial charge on any atom is -0.404 e. The van der Waals surface area contributed by atoms with Gasteiger partial charge < -0.3 is 22.5 Å². The molecule has 0 spiro atoms. The van der Waals surface area contributed by atoms with E-state index in [4.69, 9.17) is 17.2 Å². The van der Waals surface area contributed by atoms with Crippen LogP contribution in [0.5, 0.6) is 0 Å². The first-order chi connectivity index (χ1) is 14.9. The number of anilines is 1. The number of hydrogen-bond donors (Lipinski definition) is 4. The number of rotatable bonds is 9. The Labute approximate surface area is 183 Å². The number of carbonyl (C=O) groups is 1. The van der Waals surface area contributed by atoms with Gasteiger partial charge in [-0.15, -0.1) is 0 Å². The number of amides is 1. The Morgan fingerprint density at radius 1 is 1.16 bits per heavy atom. The Balaban J connectivity index is 2.36. The van der Waals surface area contributed by atoms with E-state index in [9.17, 15) is 4.79 Å². The molecule has 6 heteroatoms. The molecule has 0 aromatic heterocycles. The fraction of sp³-hybridized carbons (Fsp3) is 0.120. The minimum atomic E-state index is -0.247. The summed E-state index contributed by atoms with van der Waals surface area (Å²) in [7, 11) is 0. The lowest BCUT2D eigenvalue weighted by Crippen LogP contribution is -2.11. The van der Waals surface area contributed by atoms with Gasteiger partial charge in [-0.2, -0.15) is 0 Å². The van der Waals surface area contributed by atoms with Crippen molar-refractivity contribution in [1.29, 1.82) is 0 Å². The van der Waals surface area contributed by atoms with E-state index in [0.717, 1.165) is 16.7 Å². The topological polar surface area (TPSA) is 120 Å². The number of nitrogens with one attached hydrogen (secondary N) is 1. The largest absolute Gasteiger partial charge is 0.404 e. The summed E-state index contributed by atoms with van der Waals surface area (Å²) < 4.78 is 0. The number of allylic oxidation sites excluding steroid dienone is 3. The molecule has 31 heavy (non-hydrogen) atoms. The maximum Gasteiger partial charge on any atom is 0.247 e. The molecule has 0 radical (unpaired) electrons. The predicted molar refractivity (Wildman–Crippen MR) is 129 cm³/mol. The van der Waals surface area contributed by atoms with Crippen LogP contribution in [0, 0.1) is 0 Å². The number of carbonyl (C=O) groups excluding carboxylic acids is 1. The highest BCUT2D eigenvalue weighted by Crippen LogP contribution is 2.23. The van der Waals surface area contributed by atoms with Crippen LogP contribution >= 0.6 is 0 Å². The zero-order valence-corrected chi connectivity index (χ0v) is 17.7. The third-order valence-corrected chi connectivity index (χ3v) is 4.44. The maximum absolute atomic E-state index is 11.6. The van der Waals surface area contributed by atoms with Gasteiger partial charge in [-0.05, 0) is 65.6 Å². The minimum absolute atomic E-state index is 0.0635. The molecule has 0 saturated carbocycles. The monoisotopic (exact) mass is 415 g/mol. The van der Waals surface area contributed by atoms with E-state index in [1.165, 1.54) is 18.4 Å². The van der Waals surface area contributed by atoms with E-state index in [2.05, 4.69) is 42.0 Å². The Kier molecular flexibility index (Phi) is 8.86. The molecule has 1 atom stereocenters. The third kappa shape index (κ3) is 8.06. The highest BCUT2D eigenvalue weighted by atomic mass is 16.1. The smallest absolute Gasteiger partial charge is 0.247 e. The van der Waals surface area contributed by atoms with Gasteiger partial charge in [0.15, 0.2) is 0 Å². The molecule has 0 heterocycles. The fourth-order valence-corrected chi connectivity index (χ4v) is 3.01. The summed E-state index contributed by atoms with van der Waals surface area (Å²) in [6.45, 7) is 5.56. The standard InChI is InChI=1S/C25H29N5O/c1-3-25(31)29-22-11-7-10-21(17-22)18(2)14-20(15-19-8-5-4-6-9-19)16-24(28)30-23(27)12-13-26/h3-14,16-18H,1,15,26,28H2,2H3,(H2,27,30)(H,29,31)/b13-12-,20-14-,24-16+. The Bertz CT molecular complexity index is 1020. The number of aliphatic imine (C=N–C) groups is 1. The van der Waals surface area contributed by atoms with Crippen LogP contribution in [0.4, 0.5) is 5.69 Å². The van der Waals surface area contributed by atoms with Crippen LogP contribution in [0.1, 0.15) is 24.0 Å². The molecule has 7 N–H and O–H groups in total. The van der Waals surface area contributed by atoms with Crippen molar-refractivity contribution in [1.82, 2.24) is 0 Å². The van der Waals surface area contributed by atoms with Gasteiger partial charge in [0.05, 0.1) is 0 Å². The van der Waals surface area contributed by atoms with Gasteiger partial charge in [0, 0.05) is 5.69 Å². The van der Waals surface area contributed by atoms with Gasteiger partial charge in [0.2, 0.25) is 5.91 Å². The first-order valence-corrected chi connectivity index (χ1v) is 9.89. The van der Waals surface area contributed by atoms with Crippen molar-refractivity contribution in [3.63, 3.8) is 0 Å². The summed E-state index contributed by atoms with van der Waals surface area (Å²) in [4.78, 5) is 15.8. The van der Waals surface area contributed by atoms with Crippen LogP contribution < -0.4 is 22.5 Å². The van der Waals surface area contributed by atoms with Crippen molar-refractivity contribution in [3.8, 4) is 0 Å². The highest BCUT2D eigenvalue weighted by Gasteiger charge is 2.07. The van der Waals surface area contributed by atoms with Crippen LogP contribution in [0.25, 0.3) is 0 Å². The van der Waals surface area contributed by atoms with Crippen molar-refractivity contribution in [2.75, 3.05) is 5.32 Å². The van der Waals surface area contributed by atoms with Crippen LogP contribution in [-0.4, -0.2) is 11.7 Å². The summed E-state index contributed by atoms with van der Waals surface area (Å²) in [6, 6.07) is 17.8. The second-order valence-corrected chi connectivity index (χ2v) is 6.98. The van der Waals surface area contributed by atoms with E-state index in [-0.39, 0.29) is 23.5 Å². The van der Waals surface area contributed by atoms with Crippen LogP contribution in [-0.2, 0) is 11.2 Å². The van der Waals surface area contributed by atoms with Gasteiger partial charge in [-0.1, -0.05) is 62.0 Å². The number of benzene rings is 2. The molecule has 1 unspecified atom stereocenters. The predicted octanol–water partition coefficient (Wildman–Crippen LogP) is 3.71. The molecule has 2 rings (SSSR count). The number of amidine groups is 1. The van der Waals surface area contributed by atoms with Crippen molar-refractivity contribution in [2.24, 2.45) is 22.2 Å². The van der Waals surface area contributed by atoms with Gasteiger partial charge in [0.25, 0.3) is 0 Å². The summed E-state index contributed by atoms with van der Waals surface area (Å²) >= 11 is 0. The van der Waals surface area contributed by atoms with Crippen molar-refractivity contribution in [3.05, 3.63) is 114 Å². The van der Waals surface area contributed by atoms with Crippen LogP contribution in [0.3, 0.4) is 0 Å². The number of nitrogens with two attached hydrogens (primary N) is 3. The molecule has 0 bridgehead atoms. The van der Waals surface area contributed by atoms with E-state index in [0.29, 0.717) is 12.1 Å². The summed E-state index contributed by atoms with van der Waals surface area (Å²) in [6.07, 6.45) is 8.65. The van der Waals surface area contributed by atoms with Gasteiger partial charge in [0.1, 0.15) is 11.7 Å². The molecule has 2 aromatic rings. The average molecular weight is 416 g/mol. The number of nitrogens with zero attached hydrogens (tertiary/aromatic N) is 1. The third-order valence-electron chi connectivity index (χ3n) is 4.44. The first-order valence-electron chi connectivity index (χ1n) is 9.89. The molecule has 0 aliphatic rings. The molecule has 0 aliphatic carbocycles. The molecule has 0 aliphatic heterocycles. The second kappa shape index (κ2) is 11.8. The normalized spacial score (nSPS) is 13.8. The Morgan fingerprint density at radius 2 is 1.90 bits per heavy atom. The molecule has 2 aromatic carbocycles. The van der Waals surface area contributed by atoms with E-state index in [1.54, 1.807) is 0 Å². The number of hydrogen-bond acceptors (Lipinski definition) is 4. The van der Waals surface area contributed by atoms with E-state index in [1.807, 2.05) is 48.5 Å². The lowest BCUT2D eigenvalue weighted by atomic mass is 9.95. The summed E-state index contributed by atoms with van der Waals surface area (Å²) in [5.41, 5.74) is 21.1. The molecule has 1 amide bonds. The zero-order valence-electron chi connectivity index (χ0n) is 17.7. The van der Waals surface area contributed by atoms with Crippen LogP contribution in [0.2, 0.25) is 0 Å². The van der Waals surface area contributed by atoms with Crippen molar-refractivity contribution >= 4 is 17.4 Å². The quantitative estimate of drug-likeness (QED) is 0.216. The molecular weight excluding hydrogens is 386 g/mol. The molecule has 160 valence electrons. The molecular formula is C25H29N5O. The van der Waals surface area contributed by atoms with E-state index < -0.39 is 0 Å². The lowest BCUT2D eigenvalue weighted by Gasteiger charge is -2.12. The Morgan fingerprint density at radius 3 is 2.58 bits per heavy atom. The lowest BCUT2D eigenvalue weighted by molar-refractivity contribution is -0.111. The van der Waals surface area contributed by atoms with Gasteiger partial charge in [-0.25, -0.2) is 4.99 Å². The SMILES string of the molecule is C=CC(=O)Nc1cccc(C(C)\C=C(/C=C(N)/N=C(N)\C=C/N)Cc2ccccc2)c1. The highest BCUT2D eigenvalue weighted by molar-refractivity contribution is 5.98. The van der Waals surface area contributed by atoms with Gasteiger partial charge >= 0.3 is 0 Å². The zero-order chi connectivity index (χ0) is 22.6. The average Bonchev–Trinajstić information content (AvgIpc) is 2.74. The second-order valence-electron chi connectivity index (χ2n) is 6.98. The van der Waals surface area contributed by atoms with Crippen molar-refractivity contribution in [2.45, 2.75) is 19.3 Å². The summed E-state index contributed by atoms with van der Waals surface area (Å²) in [5, 5.41) is 2.79. The maximum atomic E-state index is 11.6.